The van der Waals surface area contributed by atoms with Gasteiger partial charge in [0.15, 0.2) is 0 Å². The number of rotatable bonds is 3. The van der Waals surface area contributed by atoms with Crippen molar-refractivity contribution in [3.05, 3.63) is 34.1 Å². The van der Waals surface area contributed by atoms with Crippen molar-refractivity contribution in [1.82, 2.24) is 10.6 Å². The molecule has 0 atom stereocenters. The van der Waals surface area contributed by atoms with E-state index in [0.717, 1.165) is 25.9 Å². The number of carbonyl (C=O) groups excluding carboxylic acids is 1. The Labute approximate surface area is 121 Å². The molecular formula is C14H18BrFN2O. The van der Waals surface area contributed by atoms with Gasteiger partial charge in [0, 0.05) is 6.54 Å². The minimum Gasteiger partial charge on any atom is -0.351 e. The molecule has 1 aliphatic heterocycles. The zero-order valence-electron chi connectivity index (χ0n) is 10.9. The van der Waals surface area contributed by atoms with Crippen LogP contribution in [0.3, 0.4) is 0 Å². The molecule has 0 aliphatic carbocycles. The highest BCUT2D eigenvalue weighted by Crippen LogP contribution is 2.27. The van der Waals surface area contributed by atoms with Crippen LogP contribution in [0.15, 0.2) is 22.7 Å². The standard InChI is InChI=1S/C14H18BrFN2O/c1-14(5-7-17-8-6-14)9-18-13(19)10-3-2-4-11(15)12(10)16/h2-4,17H,5-9H2,1H3,(H,18,19). The Kier molecular flexibility index (Phi) is 4.58. The molecule has 1 amide bonds. The molecule has 1 heterocycles. The first kappa shape index (κ1) is 14.5. The second-order valence-electron chi connectivity index (χ2n) is 5.34. The Morgan fingerprint density at radius 2 is 2.16 bits per heavy atom. The summed E-state index contributed by atoms with van der Waals surface area (Å²) in [6.45, 7) is 4.68. The number of hydrogen-bond acceptors (Lipinski definition) is 2. The fourth-order valence-electron chi connectivity index (χ4n) is 2.28. The fourth-order valence-corrected chi connectivity index (χ4v) is 2.64. The van der Waals surface area contributed by atoms with Crippen LogP contribution in [0.25, 0.3) is 0 Å². The molecule has 0 radical (unpaired) electrons. The highest BCUT2D eigenvalue weighted by atomic mass is 79.9. The second-order valence-corrected chi connectivity index (χ2v) is 6.20. The van der Waals surface area contributed by atoms with Gasteiger partial charge in [0.25, 0.3) is 5.91 Å². The quantitative estimate of drug-likeness (QED) is 0.895. The summed E-state index contributed by atoms with van der Waals surface area (Å²) < 4.78 is 14.1. The molecule has 1 saturated heterocycles. The van der Waals surface area contributed by atoms with E-state index in [1.54, 1.807) is 12.1 Å². The molecule has 1 aromatic carbocycles. The second kappa shape index (κ2) is 6.01. The predicted molar refractivity (Wildman–Crippen MR) is 76.6 cm³/mol. The Balaban J connectivity index is 1.99. The monoisotopic (exact) mass is 328 g/mol. The van der Waals surface area contributed by atoms with Gasteiger partial charge in [-0.05, 0) is 59.4 Å². The van der Waals surface area contributed by atoms with Crippen molar-refractivity contribution in [3.8, 4) is 0 Å². The lowest BCUT2D eigenvalue weighted by Gasteiger charge is -2.34. The molecule has 0 saturated carbocycles. The van der Waals surface area contributed by atoms with E-state index in [4.69, 9.17) is 0 Å². The molecule has 19 heavy (non-hydrogen) atoms. The van der Waals surface area contributed by atoms with Gasteiger partial charge in [0.2, 0.25) is 0 Å². The van der Waals surface area contributed by atoms with E-state index in [0.29, 0.717) is 11.0 Å². The molecule has 1 aromatic rings. The fraction of sp³-hybridized carbons (Fsp3) is 0.500. The Morgan fingerprint density at radius 3 is 2.84 bits per heavy atom. The summed E-state index contributed by atoms with van der Waals surface area (Å²) >= 11 is 3.09. The summed E-state index contributed by atoms with van der Waals surface area (Å²) in [6, 6.07) is 4.74. The number of piperidine rings is 1. The van der Waals surface area contributed by atoms with Crippen molar-refractivity contribution >= 4 is 21.8 Å². The van der Waals surface area contributed by atoms with Gasteiger partial charge in [-0.3, -0.25) is 4.79 Å². The molecule has 2 N–H and O–H groups in total. The van der Waals surface area contributed by atoms with E-state index in [9.17, 15) is 9.18 Å². The third-order valence-corrected chi connectivity index (χ3v) is 4.30. The minimum absolute atomic E-state index is 0.0897. The van der Waals surface area contributed by atoms with Crippen molar-refractivity contribution in [2.75, 3.05) is 19.6 Å². The van der Waals surface area contributed by atoms with Gasteiger partial charge < -0.3 is 10.6 Å². The Hall–Kier alpha value is -0.940. The number of nitrogens with one attached hydrogen (secondary N) is 2. The van der Waals surface area contributed by atoms with Crippen LogP contribution in [0.5, 0.6) is 0 Å². The van der Waals surface area contributed by atoms with E-state index in [2.05, 4.69) is 33.5 Å². The molecule has 2 rings (SSSR count). The molecule has 104 valence electrons. The molecule has 0 spiro atoms. The molecule has 1 fully saturated rings. The molecular weight excluding hydrogens is 311 g/mol. The minimum atomic E-state index is -0.504. The van der Waals surface area contributed by atoms with Crippen LogP contribution in [0, 0.1) is 11.2 Å². The highest BCUT2D eigenvalue weighted by Gasteiger charge is 2.27. The van der Waals surface area contributed by atoms with Crippen LogP contribution >= 0.6 is 15.9 Å². The van der Waals surface area contributed by atoms with Crippen LogP contribution in [-0.2, 0) is 0 Å². The number of benzene rings is 1. The zero-order valence-corrected chi connectivity index (χ0v) is 12.5. The molecule has 0 aromatic heterocycles. The van der Waals surface area contributed by atoms with Crippen LogP contribution in [0.4, 0.5) is 4.39 Å². The summed E-state index contributed by atoms with van der Waals surface area (Å²) in [5.74, 6) is -0.853. The SMILES string of the molecule is CC1(CNC(=O)c2cccc(Br)c2F)CCNCC1. The van der Waals surface area contributed by atoms with Gasteiger partial charge in [0.05, 0.1) is 10.0 Å². The highest BCUT2D eigenvalue weighted by molar-refractivity contribution is 9.10. The first-order valence-electron chi connectivity index (χ1n) is 6.45. The van der Waals surface area contributed by atoms with Crippen LogP contribution in [-0.4, -0.2) is 25.5 Å². The topological polar surface area (TPSA) is 41.1 Å². The van der Waals surface area contributed by atoms with E-state index in [-0.39, 0.29) is 16.9 Å². The van der Waals surface area contributed by atoms with Crippen molar-refractivity contribution in [1.29, 1.82) is 0 Å². The van der Waals surface area contributed by atoms with Gasteiger partial charge >= 0.3 is 0 Å². The van der Waals surface area contributed by atoms with Crippen molar-refractivity contribution in [2.24, 2.45) is 5.41 Å². The van der Waals surface area contributed by atoms with Crippen LogP contribution < -0.4 is 10.6 Å². The van der Waals surface area contributed by atoms with Gasteiger partial charge in [0.1, 0.15) is 5.82 Å². The lowest BCUT2D eigenvalue weighted by atomic mass is 9.81. The maximum absolute atomic E-state index is 13.8. The van der Waals surface area contributed by atoms with Crippen molar-refractivity contribution < 1.29 is 9.18 Å². The smallest absolute Gasteiger partial charge is 0.254 e. The van der Waals surface area contributed by atoms with E-state index >= 15 is 0 Å². The van der Waals surface area contributed by atoms with Crippen LogP contribution in [0.1, 0.15) is 30.1 Å². The molecule has 0 unspecified atom stereocenters. The third-order valence-electron chi connectivity index (χ3n) is 3.68. The van der Waals surface area contributed by atoms with Crippen molar-refractivity contribution in [2.45, 2.75) is 19.8 Å². The first-order chi connectivity index (χ1) is 9.02. The van der Waals surface area contributed by atoms with Gasteiger partial charge in [-0.2, -0.15) is 0 Å². The summed E-state index contributed by atoms with van der Waals surface area (Å²) in [6.07, 6.45) is 2.04. The van der Waals surface area contributed by atoms with E-state index in [1.807, 2.05) is 0 Å². The first-order valence-corrected chi connectivity index (χ1v) is 7.24. The number of hydrogen-bond donors (Lipinski definition) is 2. The molecule has 3 nitrogen and oxygen atoms in total. The summed E-state index contributed by atoms with van der Waals surface area (Å²) in [4.78, 5) is 12.0. The normalized spacial score (nSPS) is 18.1. The molecule has 0 bridgehead atoms. The van der Waals surface area contributed by atoms with E-state index < -0.39 is 5.82 Å². The Morgan fingerprint density at radius 1 is 1.47 bits per heavy atom. The average Bonchev–Trinajstić information content (AvgIpc) is 2.40. The summed E-state index contributed by atoms with van der Waals surface area (Å²) in [5, 5.41) is 6.15. The number of carbonyl (C=O) groups is 1. The Bertz CT molecular complexity index is 473. The predicted octanol–water partition coefficient (Wildman–Crippen LogP) is 2.71. The summed E-state index contributed by atoms with van der Waals surface area (Å²) in [5.41, 5.74) is 0.190. The van der Waals surface area contributed by atoms with Crippen LogP contribution in [0.2, 0.25) is 0 Å². The third kappa shape index (κ3) is 3.54. The lowest BCUT2D eigenvalue weighted by Crippen LogP contribution is -2.43. The molecule has 1 aliphatic rings. The maximum atomic E-state index is 13.8. The number of amides is 1. The molecule has 5 heteroatoms. The van der Waals surface area contributed by atoms with Gasteiger partial charge in [-0.1, -0.05) is 13.0 Å². The van der Waals surface area contributed by atoms with Crippen molar-refractivity contribution in [3.63, 3.8) is 0 Å². The zero-order chi connectivity index (χ0) is 13.9. The largest absolute Gasteiger partial charge is 0.351 e. The lowest BCUT2D eigenvalue weighted by molar-refractivity contribution is 0.0918. The maximum Gasteiger partial charge on any atom is 0.254 e. The van der Waals surface area contributed by atoms with E-state index in [1.165, 1.54) is 6.07 Å². The number of halogens is 2. The summed E-state index contributed by atoms with van der Waals surface area (Å²) in [7, 11) is 0. The van der Waals surface area contributed by atoms with Gasteiger partial charge in [-0.15, -0.1) is 0 Å². The average molecular weight is 329 g/mol. The van der Waals surface area contributed by atoms with Gasteiger partial charge in [-0.25, -0.2) is 4.39 Å².